The summed E-state index contributed by atoms with van der Waals surface area (Å²) in [6, 6.07) is 5.25. The van der Waals surface area contributed by atoms with Crippen molar-refractivity contribution in [2.24, 2.45) is 11.3 Å². The zero-order valence-electron chi connectivity index (χ0n) is 31.2. The number of ether oxygens (including phenoxy) is 1. The third-order valence-electron chi connectivity index (χ3n) is 11.1. The number of pyridine rings is 1. The number of halogens is 1. The summed E-state index contributed by atoms with van der Waals surface area (Å²) in [5.74, 6) is -1.51. The number of amides is 4. The second-order valence-corrected chi connectivity index (χ2v) is 22.2. The van der Waals surface area contributed by atoms with Crippen LogP contribution in [0, 0.1) is 11.3 Å². The molecule has 1 aromatic carbocycles. The summed E-state index contributed by atoms with van der Waals surface area (Å²) in [7, 11) is -3.91. The van der Waals surface area contributed by atoms with Gasteiger partial charge in [0.15, 0.2) is 0 Å². The molecule has 1 aromatic heterocycles. The van der Waals surface area contributed by atoms with Crippen LogP contribution in [-0.2, 0) is 35.6 Å². The van der Waals surface area contributed by atoms with Crippen molar-refractivity contribution in [1.82, 2.24) is 25.2 Å². The number of carbonyl (C=O) groups is 4. The monoisotopic (exact) mass is 880 g/mol. The number of unbranched alkanes of at least 4 members (excludes halogenated alkanes) is 2. The van der Waals surface area contributed by atoms with Crippen LogP contribution in [0.5, 0.6) is 5.75 Å². The fraction of sp³-hybridized carbons (Fsp3) is 0.605. The molecule has 4 aliphatic rings. The first kappa shape index (κ1) is 40.0. The van der Waals surface area contributed by atoms with Gasteiger partial charge in [-0.2, -0.15) is 0 Å². The predicted molar refractivity (Wildman–Crippen MR) is 197 cm³/mol. The molecule has 1 unspecified atom stereocenters. The van der Waals surface area contributed by atoms with Crippen LogP contribution < -0.4 is 42.1 Å². The number of nitrogens with one attached hydrogen (secondary N) is 4. The summed E-state index contributed by atoms with van der Waals surface area (Å²) in [6.45, 7) is 11.1. The average Bonchev–Trinajstić information content (AvgIpc) is 4.07. The van der Waals surface area contributed by atoms with Crippen LogP contribution in [0.1, 0.15) is 91.0 Å². The van der Waals surface area contributed by atoms with E-state index in [4.69, 9.17) is 4.74 Å². The standard InChI is InChI=1S/C38H51IN5O9S/c1-6-28-38(39-28,34(49)43-54(51,52)37(5)18-19-37)42-32(47)26-17-12-20-44(26)33(48)30(36(2,3)4)41-35(50)53-27-21-22(27)13-8-7-9-15-24-29(45)23-14-10-11-16-25(23)40-31(24)46/h6,10-11,14,16,22,26-28,30H,1,7-9,12-13,15,17-21H2,2-5H3,(H,41,50)(H,42,47)(H,43,49)(H2,40,45,46)/q-1/t22-,26+,27?,28+,30-,38-/m1/s1. The number of H-pyrrole nitrogens is 1. The number of hydrogen-bond acceptors (Lipinski definition) is 9. The van der Waals surface area contributed by atoms with Gasteiger partial charge in [-0.15, -0.1) is 0 Å². The number of sulfonamides is 1. The Morgan fingerprint density at radius 2 is 1.89 bits per heavy atom. The zero-order chi connectivity index (χ0) is 39.2. The van der Waals surface area contributed by atoms with Crippen molar-refractivity contribution in [3.63, 3.8) is 0 Å². The normalized spacial score (nSPS) is 26.2. The molecule has 296 valence electrons. The van der Waals surface area contributed by atoms with Gasteiger partial charge >= 0.3 is 228 Å². The van der Waals surface area contributed by atoms with Crippen LogP contribution in [0.2, 0.25) is 0 Å². The molecule has 2 saturated heterocycles. The summed E-state index contributed by atoms with van der Waals surface area (Å²) in [5, 5.41) is 16.8. The van der Waals surface area contributed by atoms with Crippen LogP contribution in [-0.4, -0.2) is 84.2 Å². The second kappa shape index (κ2) is 15.1. The Kier molecular flexibility index (Phi) is 11.2. The van der Waals surface area contributed by atoms with Crippen molar-refractivity contribution < 1.29 is 58.6 Å². The number of aromatic nitrogens is 1. The van der Waals surface area contributed by atoms with E-state index in [-0.39, 0.29) is 33.8 Å². The summed E-state index contributed by atoms with van der Waals surface area (Å²) in [6.07, 6.45) is 6.84. The summed E-state index contributed by atoms with van der Waals surface area (Å²) >= 11 is -0.970. The molecule has 2 aliphatic carbocycles. The fourth-order valence-corrected chi connectivity index (χ4v) is 11.3. The number of fused-ring (bicyclic) bond motifs is 1. The Morgan fingerprint density at radius 3 is 2.56 bits per heavy atom. The van der Waals surface area contributed by atoms with Crippen LogP contribution in [0.3, 0.4) is 0 Å². The van der Waals surface area contributed by atoms with E-state index in [1.165, 1.54) is 4.90 Å². The third-order valence-corrected chi connectivity index (χ3v) is 17.1. The van der Waals surface area contributed by atoms with Gasteiger partial charge in [0.2, 0.25) is 0 Å². The number of alkyl carbamates (subject to hydrolysis) is 1. The van der Waals surface area contributed by atoms with Gasteiger partial charge in [-0.05, 0) is 31.4 Å². The molecular formula is C38H51IN5O9S-. The average molecular weight is 881 g/mol. The molecule has 6 atom stereocenters. The van der Waals surface area contributed by atoms with Gasteiger partial charge in [0.1, 0.15) is 5.75 Å². The second-order valence-electron chi connectivity index (χ2n) is 16.3. The van der Waals surface area contributed by atoms with E-state index >= 15 is 0 Å². The van der Waals surface area contributed by atoms with Gasteiger partial charge in [-0.3, -0.25) is 4.79 Å². The Labute approximate surface area is 325 Å². The number of likely N-dealkylation sites (tertiary alicyclic amines) is 1. The predicted octanol–water partition coefficient (Wildman–Crippen LogP) is 0.325. The van der Waals surface area contributed by atoms with Crippen molar-refractivity contribution in [3.8, 4) is 5.75 Å². The minimum absolute atomic E-state index is 0.0265. The number of aromatic hydroxyl groups is 1. The molecule has 0 radical (unpaired) electrons. The number of aromatic amines is 1. The summed E-state index contributed by atoms with van der Waals surface area (Å²) < 4.78 is 30.8. The van der Waals surface area contributed by atoms with E-state index < -0.39 is 80.8 Å². The molecule has 6 rings (SSSR count). The summed E-state index contributed by atoms with van der Waals surface area (Å²) in [4.78, 5) is 71.0. The van der Waals surface area contributed by atoms with Gasteiger partial charge in [-0.25, -0.2) is 0 Å². The maximum absolute atomic E-state index is 14.0. The number of benzene rings is 1. The van der Waals surface area contributed by atoms with E-state index in [2.05, 4.69) is 26.9 Å². The van der Waals surface area contributed by atoms with Gasteiger partial charge in [0.25, 0.3) is 5.56 Å². The molecule has 16 heteroatoms. The van der Waals surface area contributed by atoms with Gasteiger partial charge < -0.3 is 10.1 Å². The number of hydrogen-bond donors (Lipinski definition) is 5. The fourth-order valence-electron chi connectivity index (χ4n) is 7.17. The zero-order valence-corrected chi connectivity index (χ0v) is 34.2. The first-order chi connectivity index (χ1) is 25.4. The van der Waals surface area contributed by atoms with Crippen molar-refractivity contribution in [1.29, 1.82) is 0 Å². The number of alkyl halides is 2. The quantitative estimate of drug-likeness (QED) is 0.0550. The van der Waals surface area contributed by atoms with E-state index in [1.807, 2.05) is 26.8 Å². The van der Waals surface area contributed by atoms with Gasteiger partial charge in [0, 0.05) is 5.39 Å². The van der Waals surface area contributed by atoms with E-state index in [0.29, 0.717) is 55.0 Å². The molecule has 3 heterocycles. The molecule has 54 heavy (non-hydrogen) atoms. The first-order valence-electron chi connectivity index (χ1n) is 18.7. The molecule has 2 aromatic rings. The Morgan fingerprint density at radius 1 is 1.17 bits per heavy atom. The summed E-state index contributed by atoms with van der Waals surface area (Å²) in [5.41, 5.74) is -0.0269. The molecule has 5 N–H and O–H groups in total. The van der Waals surface area contributed by atoms with Crippen molar-refractivity contribution >= 4 is 44.7 Å². The van der Waals surface area contributed by atoms with E-state index in [9.17, 15) is 37.5 Å². The maximum atomic E-state index is 14.0. The Hall–Kier alpha value is -3.67. The Balaban J connectivity index is 0.983. The molecule has 4 amide bonds. The number of carbonyl (C=O) groups excluding carboxylic acids is 4. The minimum atomic E-state index is -3.91. The van der Waals surface area contributed by atoms with E-state index in [1.54, 1.807) is 31.2 Å². The molecular weight excluding hydrogens is 829 g/mol. The third kappa shape index (κ3) is 8.28. The van der Waals surface area contributed by atoms with Crippen LogP contribution in [0.15, 0.2) is 41.7 Å². The first-order valence-corrected chi connectivity index (χ1v) is 22.5. The van der Waals surface area contributed by atoms with Crippen molar-refractivity contribution in [2.75, 3.05) is 6.54 Å². The molecule has 0 spiro atoms. The number of rotatable bonds is 15. The van der Waals surface area contributed by atoms with Gasteiger partial charge in [0.05, 0.1) is 11.1 Å². The molecule has 2 aliphatic heterocycles. The van der Waals surface area contributed by atoms with Crippen LogP contribution in [0.25, 0.3) is 10.9 Å². The van der Waals surface area contributed by atoms with Gasteiger partial charge in [-0.1, -0.05) is 25.0 Å². The number of nitrogens with zero attached hydrogens (tertiary/aromatic N) is 1. The van der Waals surface area contributed by atoms with E-state index in [0.717, 1.165) is 25.7 Å². The van der Waals surface area contributed by atoms with Crippen LogP contribution in [0.4, 0.5) is 4.79 Å². The molecule has 0 bridgehead atoms. The number of para-hydroxylation sites is 1. The molecule has 2 saturated carbocycles. The SMILES string of the molecule is C=C[C@@H]1[I-][C@]1(NC(=O)[C@@H]1CCCN1C(=O)[C@@H](NC(=O)OC1C[C@H]1CCCCCc1c(O)c2ccccc2[nH]c1=O)C(C)(C)C)C(=O)NS(=O)(=O)C1(C)CC1. The molecule has 14 nitrogen and oxygen atoms in total. The van der Waals surface area contributed by atoms with Crippen molar-refractivity contribution in [3.05, 3.63) is 52.8 Å². The van der Waals surface area contributed by atoms with Crippen LogP contribution >= 0.6 is 0 Å². The topological polar surface area (TPSA) is 204 Å². The Bertz CT molecular complexity index is 2010. The van der Waals surface area contributed by atoms with Crippen molar-refractivity contribution in [2.45, 2.75) is 122 Å². The molecule has 4 fully saturated rings.